The summed E-state index contributed by atoms with van der Waals surface area (Å²) in [5.41, 5.74) is 0.861. The van der Waals surface area contributed by atoms with E-state index in [1.807, 2.05) is 0 Å². The van der Waals surface area contributed by atoms with Crippen molar-refractivity contribution < 1.29 is 9.18 Å². The first kappa shape index (κ1) is 19.7. The minimum Gasteiger partial charge on any atom is -0.355 e. The zero-order valence-corrected chi connectivity index (χ0v) is 16.0. The van der Waals surface area contributed by atoms with Gasteiger partial charge >= 0.3 is 0 Å². The van der Waals surface area contributed by atoms with E-state index in [0.29, 0.717) is 36.2 Å². The summed E-state index contributed by atoms with van der Waals surface area (Å²) < 4.78 is 13.4. The predicted octanol–water partition coefficient (Wildman–Crippen LogP) is 2.06. The van der Waals surface area contributed by atoms with Crippen LogP contribution in [0.4, 0.5) is 4.39 Å². The number of aliphatic imine (C=N–C) groups is 1. The molecule has 0 spiro atoms. The molecule has 1 aliphatic rings. The molecule has 2 unspecified atom stereocenters. The Morgan fingerprint density at radius 1 is 1.35 bits per heavy atom. The van der Waals surface area contributed by atoms with Crippen molar-refractivity contribution in [2.75, 3.05) is 20.1 Å². The van der Waals surface area contributed by atoms with Crippen molar-refractivity contribution in [1.82, 2.24) is 16.0 Å². The largest absolute Gasteiger partial charge is 0.355 e. The average molecular weight is 434 g/mol. The van der Waals surface area contributed by atoms with Crippen molar-refractivity contribution in [3.63, 3.8) is 0 Å². The standard InChI is InChI=1S/C16H23FN4O.HI/c1-10-4-5-12(9-13(10)17)15(22)19-6-7-20-16(18-3)21-14-8-11(14)2;/h4-5,9,11,14H,6-8H2,1-3H3,(H,19,22)(H2,18,20,21);1H. The van der Waals surface area contributed by atoms with Gasteiger partial charge in [-0.3, -0.25) is 9.79 Å². The molecule has 7 heteroatoms. The molecule has 0 aromatic heterocycles. The highest BCUT2D eigenvalue weighted by atomic mass is 127. The number of halogens is 2. The summed E-state index contributed by atoms with van der Waals surface area (Å²) in [7, 11) is 1.72. The van der Waals surface area contributed by atoms with Gasteiger partial charge in [0.1, 0.15) is 5.82 Å². The van der Waals surface area contributed by atoms with Crippen LogP contribution in [0.1, 0.15) is 29.3 Å². The van der Waals surface area contributed by atoms with Gasteiger partial charge in [-0.1, -0.05) is 13.0 Å². The van der Waals surface area contributed by atoms with E-state index in [-0.39, 0.29) is 35.7 Å². The van der Waals surface area contributed by atoms with Crippen LogP contribution < -0.4 is 16.0 Å². The van der Waals surface area contributed by atoms with Crippen LogP contribution >= 0.6 is 24.0 Å². The van der Waals surface area contributed by atoms with E-state index in [0.717, 1.165) is 12.4 Å². The molecular formula is C16H24FIN4O. The summed E-state index contributed by atoms with van der Waals surface area (Å²) in [6, 6.07) is 4.98. The topological polar surface area (TPSA) is 65.5 Å². The summed E-state index contributed by atoms with van der Waals surface area (Å²) in [4.78, 5) is 16.0. The lowest BCUT2D eigenvalue weighted by atomic mass is 10.1. The minimum absolute atomic E-state index is 0. The zero-order chi connectivity index (χ0) is 16.1. The first-order chi connectivity index (χ1) is 10.5. The fraction of sp³-hybridized carbons (Fsp3) is 0.500. The van der Waals surface area contributed by atoms with E-state index in [1.165, 1.54) is 6.07 Å². The molecule has 2 rings (SSSR count). The monoisotopic (exact) mass is 434 g/mol. The highest BCUT2D eigenvalue weighted by Crippen LogP contribution is 2.28. The lowest BCUT2D eigenvalue weighted by Crippen LogP contribution is -2.42. The summed E-state index contributed by atoms with van der Waals surface area (Å²) in [5, 5.41) is 9.19. The molecule has 1 aromatic rings. The third-order valence-corrected chi connectivity index (χ3v) is 3.79. The molecule has 1 saturated carbocycles. The average Bonchev–Trinajstić information content (AvgIpc) is 3.20. The van der Waals surface area contributed by atoms with Gasteiger partial charge in [0.25, 0.3) is 5.91 Å². The lowest BCUT2D eigenvalue weighted by Gasteiger charge is -2.12. The summed E-state index contributed by atoms with van der Waals surface area (Å²) >= 11 is 0. The molecule has 1 aromatic carbocycles. The maximum atomic E-state index is 13.4. The van der Waals surface area contributed by atoms with E-state index in [1.54, 1.807) is 26.1 Å². The van der Waals surface area contributed by atoms with E-state index < -0.39 is 0 Å². The number of carbonyl (C=O) groups is 1. The highest BCUT2D eigenvalue weighted by Gasteiger charge is 2.33. The molecule has 3 N–H and O–H groups in total. The third-order valence-electron chi connectivity index (χ3n) is 3.79. The molecule has 0 aliphatic heterocycles. The minimum atomic E-state index is -0.367. The number of guanidine groups is 1. The van der Waals surface area contributed by atoms with Gasteiger partial charge in [-0.2, -0.15) is 0 Å². The van der Waals surface area contributed by atoms with E-state index in [9.17, 15) is 9.18 Å². The smallest absolute Gasteiger partial charge is 0.251 e. The number of benzene rings is 1. The number of nitrogens with one attached hydrogen (secondary N) is 3. The Labute approximate surface area is 153 Å². The Hall–Kier alpha value is -1.38. The number of aryl methyl sites for hydroxylation is 1. The van der Waals surface area contributed by atoms with E-state index in [4.69, 9.17) is 0 Å². The quantitative estimate of drug-likeness (QED) is 0.288. The zero-order valence-electron chi connectivity index (χ0n) is 13.6. The molecule has 0 heterocycles. The number of hydrogen-bond acceptors (Lipinski definition) is 2. The molecule has 1 fully saturated rings. The molecule has 1 aliphatic carbocycles. The van der Waals surface area contributed by atoms with Gasteiger partial charge < -0.3 is 16.0 Å². The van der Waals surface area contributed by atoms with Gasteiger partial charge in [-0.05, 0) is 37.0 Å². The molecule has 0 saturated heterocycles. The van der Waals surface area contributed by atoms with Crippen LogP contribution in [0, 0.1) is 18.7 Å². The number of carbonyl (C=O) groups excluding carboxylic acids is 1. The van der Waals surface area contributed by atoms with Crippen LogP contribution in [0.15, 0.2) is 23.2 Å². The van der Waals surface area contributed by atoms with E-state index in [2.05, 4.69) is 27.9 Å². The first-order valence-corrected chi connectivity index (χ1v) is 7.52. The molecule has 23 heavy (non-hydrogen) atoms. The van der Waals surface area contributed by atoms with Gasteiger partial charge in [0.2, 0.25) is 0 Å². The van der Waals surface area contributed by atoms with Crippen molar-refractivity contribution in [3.05, 3.63) is 35.1 Å². The van der Waals surface area contributed by atoms with Crippen LogP contribution in [0.2, 0.25) is 0 Å². The molecular weight excluding hydrogens is 410 g/mol. The second kappa shape index (κ2) is 9.05. The van der Waals surface area contributed by atoms with Gasteiger partial charge in [-0.15, -0.1) is 24.0 Å². The highest BCUT2D eigenvalue weighted by molar-refractivity contribution is 14.0. The third kappa shape index (κ3) is 5.96. The molecule has 0 bridgehead atoms. The molecule has 5 nitrogen and oxygen atoms in total. The normalized spacial score (nSPS) is 19.6. The van der Waals surface area contributed by atoms with Crippen LogP contribution in [0.5, 0.6) is 0 Å². The number of nitrogens with zero attached hydrogens (tertiary/aromatic N) is 1. The maximum absolute atomic E-state index is 13.4. The van der Waals surface area contributed by atoms with Gasteiger partial charge in [0.05, 0.1) is 0 Å². The number of amides is 1. The van der Waals surface area contributed by atoms with Gasteiger partial charge in [0, 0.05) is 31.7 Å². The van der Waals surface area contributed by atoms with Gasteiger partial charge in [0.15, 0.2) is 5.96 Å². The van der Waals surface area contributed by atoms with Crippen LogP contribution in [-0.2, 0) is 0 Å². The lowest BCUT2D eigenvalue weighted by molar-refractivity contribution is 0.0954. The maximum Gasteiger partial charge on any atom is 0.251 e. The second-order valence-electron chi connectivity index (χ2n) is 5.68. The van der Waals surface area contributed by atoms with Crippen LogP contribution in [-0.4, -0.2) is 38.0 Å². The van der Waals surface area contributed by atoms with Crippen molar-refractivity contribution >= 4 is 35.8 Å². The molecule has 2 atom stereocenters. The van der Waals surface area contributed by atoms with Crippen molar-refractivity contribution in [1.29, 1.82) is 0 Å². The Bertz CT molecular complexity index is 579. The first-order valence-electron chi connectivity index (χ1n) is 7.52. The summed E-state index contributed by atoms with van der Waals surface area (Å²) in [6.07, 6.45) is 1.16. The van der Waals surface area contributed by atoms with Crippen LogP contribution in [0.25, 0.3) is 0 Å². The fourth-order valence-corrected chi connectivity index (χ4v) is 2.09. The second-order valence-corrected chi connectivity index (χ2v) is 5.68. The Morgan fingerprint density at radius 3 is 2.57 bits per heavy atom. The van der Waals surface area contributed by atoms with Crippen molar-refractivity contribution in [3.8, 4) is 0 Å². The SMILES string of the molecule is CN=C(NCCNC(=O)c1ccc(C)c(F)c1)NC1CC1C.I. The van der Waals surface area contributed by atoms with Gasteiger partial charge in [-0.25, -0.2) is 4.39 Å². The van der Waals surface area contributed by atoms with Crippen molar-refractivity contribution in [2.24, 2.45) is 10.9 Å². The van der Waals surface area contributed by atoms with Crippen LogP contribution in [0.3, 0.4) is 0 Å². The Morgan fingerprint density at radius 2 is 2.00 bits per heavy atom. The predicted molar refractivity (Wildman–Crippen MR) is 101 cm³/mol. The molecule has 128 valence electrons. The summed E-state index contributed by atoms with van der Waals surface area (Å²) in [6.45, 7) is 4.85. The summed E-state index contributed by atoms with van der Waals surface area (Å²) in [5.74, 6) is 0.785. The van der Waals surface area contributed by atoms with E-state index >= 15 is 0 Å². The molecule has 0 radical (unpaired) electrons. The fourth-order valence-electron chi connectivity index (χ4n) is 2.09. The van der Waals surface area contributed by atoms with Crippen molar-refractivity contribution in [2.45, 2.75) is 26.3 Å². The Balaban J connectivity index is 0.00000264. The number of rotatable bonds is 5. The molecule has 1 amide bonds. The number of hydrogen-bond donors (Lipinski definition) is 3. The Kier molecular flexibility index (Phi) is 7.74.